The molecule has 17 amide bonds. The van der Waals surface area contributed by atoms with Gasteiger partial charge in [-0.25, -0.2) is 4.98 Å². The van der Waals surface area contributed by atoms with Crippen molar-refractivity contribution in [2.45, 2.75) is 221 Å². The molecule has 3 fully saturated rings. The van der Waals surface area contributed by atoms with Crippen molar-refractivity contribution < 1.29 is 102 Å². The van der Waals surface area contributed by atoms with Crippen LogP contribution >= 0.6 is 11.8 Å². The number of phenolic OH excluding ortho intramolecular Hbond substituents is 1. The van der Waals surface area contributed by atoms with Gasteiger partial charge in [-0.1, -0.05) is 88.1 Å². The highest BCUT2D eigenvalue weighted by molar-refractivity contribution is 8.00. The molecule has 0 bridgehead atoms. The number of aromatic amines is 3. The lowest BCUT2D eigenvalue weighted by Crippen LogP contribution is -2.60. The normalized spacial score (nSPS) is 25.2. The molecule has 43 nitrogen and oxygen atoms in total. The Bertz CT molecular complexity index is 5130. The largest absolute Gasteiger partial charge is 0.508 e. The molecule has 21 N–H and O–H groups in total. The van der Waals surface area contributed by atoms with Crippen LogP contribution in [0.3, 0.4) is 0 Å². The van der Waals surface area contributed by atoms with E-state index < -0.39 is 260 Å². The number of aliphatic hydroxyl groups is 2. The Morgan fingerprint density at radius 3 is 1.85 bits per heavy atom. The number of likely N-dealkylation sites (N-methyl/N-ethyl adjacent to an activating group) is 3. The third-order valence-corrected chi connectivity index (χ3v) is 24.6. The van der Waals surface area contributed by atoms with Crippen molar-refractivity contribution in [1.29, 1.82) is 0 Å². The van der Waals surface area contributed by atoms with E-state index in [9.17, 15) is 68.1 Å². The molecule has 3 aliphatic heterocycles. The van der Waals surface area contributed by atoms with Crippen molar-refractivity contribution in [3.8, 4) is 5.75 Å². The SMILES string of the molecule is CCCC[C@H]1C(=O)N(C)[C@@H](CCCC)C(=O)N[C@@H](C)C(=O)N[C@H](C(=O)NCC(N)=O)CSCC(=O)N[C@@H](Cc2ccc(O)cc2)C(=O)N(C)[C@@H](C)C(=O)N[C@@H](CC(N)=O)C(=O)N2CCCC2C(=O)N[C@@H](Cc2cnc[nH]2)C(=O)N[C@@H](CCC(N)=O)C(=O)N2C[C@H](O)C[C@H]2C(=O)C[C@@H](Cc2c[nH]c3ccccc23)C(=O)N[C@@H](CO)C(=O)N[C@@H](Cc2n[nH]c3ccccc23)C(=O)N1C. The van der Waals surface area contributed by atoms with Crippen molar-refractivity contribution in [3.63, 3.8) is 0 Å². The smallest absolute Gasteiger partial charge is 0.246 e. The highest BCUT2D eigenvalue weighted by Gasteiger charge is 2.47. The molecule has 6 heterocycles. The lowest BCUT2D eigenvalue weighted by atomic mass is 9.90. The number of hydrogen-bond donors (Lipinski definition) is 18. The number of aliphatic hydroxyl groups excluding tert-OH is 2. The van der Waals surface area contributed by atoms with E-state index in [2.05, 4.69) is 73.0 Å². The van der Waals surface area contributed by atoms with Crippen molar-refractivity contribution in [1.82, 2.24) is 97.5 Å². The fourth-order valence-corrected chi connectivity index (χ4v) is 17.0. The van der Waals surface area contributed by atoms with Crippen LogP contribution in [-0.2, 0) is 112 Å². The van der Waals surface area contributed by atoms with Gasteiger partial charge in [0.15, 0.2) is 5.78 Å². The number of amides is 17. The van der Waals surface area contributed by atoms with E-state index in [1.807, 2.05) is 13.8 Å². The van der Waals surface area contributed by atoms with Gasteiger partial charge in [-0.2, -0.15) is 5.10 Å². The zero-order valence-corrected chi connectivity index (χ0v) is 74.9. The topological polar surface area (TPSA) is 644 Å². The average Bonchev–Trinajstić information content (AvgIpc) is 1.62. The Morgan fingerprint density at radius 2 is 1.19 bits per heavy atom. The molecular weight excluding hydrogens is 1720 g/mol. The number of imidazole rings is 1. The van der Waals surface area contributed by atoms with Crippen molar-refractivity contribution >= 4 is 140 Å². The molecule has 0 spiro atoms. The maximum absolute atomic E-state index is 15.6. The first-order valence-electron chi connectivity index (χ1n) is 43.5. The van der Waals surface area contributed by atoms with Crippen molar-refractivity contribution in [3.05, 3.63) is 114 Å². The highest BCUT2D eigenvalue weighted by Crippen LogP contribution is 2.30. The van der Waals surface area contributed by atoms with Gasteiger partial charge < -0.3 is 115 Å². The second kappa shape index (κ2) is 47.8. The minimum absolute atomic E-state index is 0.00598. The molecule has 6 aromatic rings. The predicted octanol–water partition coefficient (Wildman–Crippen LogP) is -3.47. The first kappa shape index (κ1) is 101. The maximum atomic E-state index is 15.6. The van der Waals surface area contributed by atoms with Crippen molar-refractivity contribution in [2.24, 2.45) is 23.1 Å². The Morgan fingerprint density at radius 1 is 0.573 bits per heavy atom. The maximum Gasteiger partial charge on any atom is 0.246 e. The van der Waals surface area contributed by atoms with Crippen molar-refractivity contribution in [2.75, 3.05) is 58.9 Å². The van der Waals surface area contributed by atoms with E-state index in [0.29, 0.717) is 58.6 Å². The number of aromatic hydroxyl groups is 1. The van der Waals surface area contributed by atoms with Gasteiger partial charge >= 0.3 is 0 Å². The van der Waals surface area contributed by atoms with Gasteiger partial charge in [0, 0.05) is 119 Å². The number of Topliss-reactive ketones (excluding diaryl/α,β-unsaturated/α-hetero) is 1. The van der Waals surface area contributed by atoms with Gasteiger partial charge in [-0.3, -0.25) is 91.4 Å². The number of phenols is 1. The number of hydrogen-bond acceptors (Lipinski definition) is 24. The predicted molar refractivity (Wildman–Crippen MR) is 474 cm³/mol. The molecule has 44 heteroatoms. The summed E-state index contributed by atoms with van der Waals surface area (Å²) in [6, 6.07) is -1.12. The first-order valence-corrected chi connectivity index (χ1v) is 44.6. The van der Waals surface area contributed by atoms with E-state index in [1.165, 1.54) is 71.8 Å². The Labute approximate surface area is 758 Å². The molecule has 3 aliphatic rings. The summed E-state index contributed by atoms with van der Waals surface area (Å²) in [5.74, 6) is -19.7. The fraction of sp³-hybridized carbons (Fsp3) is 0.517. The van der Waals surface area contributed by atoms with Crippen LogP contribution < -0.4 is 65.1 Å². The Balaban J connectivity index is 1.08. The number of unbranched alkanes of at least 4 members (excludes halogenated alkanes) is 2. The van der Waals surface area contributed by atoms with Crippen LogP contribution in [0.5, 0.6) is 5.75 Å². The molecule has 708 valence electrons. The summed E-state index contributed by atoms with van der Waals surface area (Å²) in [5.41, 5.74) is 19.3. The number of nitrogens with zero attached hydrogens (tertiary/aromatic N) is 7. The van der Waals surface area contributed by atoms with Gasteiger partial charge in [0.05, 0.1) is 55.0 Å². The molecule has 3 aromatic heterocycles. The summed E-state index contributed by atoms with van der Waals surface area (Å²) in [6.45, 7) is 3.71. The Hall–Kier alpha value is -13.4. The van der Waals surface area contributed by atoms with Crippen LogP contribution in [0.1, 0.15) is 134 Å². The standard InChI is InChI=1S/C87H118N22O21S/c1-8-10-21-66-81(124)95-46(3)75(118)102-65(78(121)93-40-73(90)116)43-131-44-74(117)96-61(31-48-24-26-52(111)27-25-48)83(126)105(5)47(4)76(119)99-63(37-72(89)115)86(129)108-30-16-23-67(108)82(125)98-60(34-51-39-91-45-94-51)79(122)97-58(28-29-71(88)114)85(128)109-41-53(112)35-69(109)70(113)33-49(32-50-38-92-56-19-14-12-17-54(50)56)77(120)101-64(42-110)80(123)100-62(36-59-55-18-13-15-20-57(55)103-104-59)84(127)107(7)68(22-11-9-2)87(130)106(66)6/h12-15,17-20,24-27,38-39,45-47,49,53,58,60-69,92,110-112H,8-11,16,21-23,28-37,40-44H2,1-7H3,(H2,88,114)(H2,89,115)(H2,90,116)(H,91,94)(H,93,121)(H,95,124)(H,96,117)(H,97,122)(H,98,125)(H,99,119)(H,100,123)(H,101,120)(H,102,118)(H,103,104)/t46-,47-,49+,53+,58-,60-,61-,62-,63-,64-,65-,66-,67?,68-,69-/m0/s1. The molecule has 3 saturated heterocycles. The lowest BCUT2D eigenvalue weighted by molar-refractivity contribution is -0.149. The van der Waals surface area contributed by atoms with Crippen LogP contribution in [0, 0.1) is 5.92 Å². The summed E-state index contributed by atoms with van der Waals surface area (Å²) in [5, 5.41) is 64.5. The summed E-state index contributed by atoms with van der Waals surface area (Å²) >= 11 is 0.770. The summed E-state index contributed by atoms with van der Waals surface area (Å²) in [4.78, 5) is 276. The van der Waals surface area contributed by atoms with Crippen LogP contribution in [0.25, 0.3) is 21.8 Å². The molecule has 15 atom stereocenters. The highest BCUT2D eigenvalue weighted by atomic mass is 32.2. The van der Waals surface area contributed by atoms with Crippen LogP contribution in [0.2, 0.25) is 0 Å². The number of H-pyrrole nitrogens is 3. The second-order valence-electron chi connectivity index (χ2n) is 33.2. The van der Waals surface area contributed by atoms with Gasteiger partial charge in [0.25, 0.3) is 0 Å². The third-order valence-electron chi connectivity index (χ3n) is 23.6. The number of rotatable bonds is 23. The number of thioether (sulfide) groups is 1. The quantitative estimate of drug-likeness (QED) is 0.0296. The Kier molecular flexibility index (Phi) is 37.0. The molecule has 0 saturated carbocycles. The second-order valence-corrected chi connectivity index (χ2v) is 34.2. The molecule has 0 aliphatic carbocycles. The van der Waals surface area contributed by atoms with Crippen LogP contribution in [0.15, 0.2) is 91.5 Å². The van der Waals surface area contributed by atoms with Gasteiger partial charge in [0.1, 0.15) is 78.3 Å². The molecule has 1 unspecified atom stereocenters. The van der Waals surface area contributed by atoms with Gasteiger partial charge in [-0.05, 0) is 87.8 Å². The van der Waals surface area contributed by atoms with Crippen LogP contribution in [0.4, 0.5) is 0 Å². The zero-order valence-electron chi connectivity index (χ0n) is 74.0. The molecular formula is C87H118N22O21S. The third kappa shape index (κ3) is 27.6. The molecule has 0 radical (unpaired) electrons. The summed E-state index contributed by atoms with van der Waals surface area (Å²) < 4.78 is 0. The molecule has 131 heavy (non-hydrogen) atoms. The minimum Gasteiger partial charge on any atom is -0.508 e. The summed E-state index contributed by atoms with van der Waals surface area (Å²) in [6.07, 6.45) is 0.262. The average molecular weight is 1840 g/mol. The molecule has 3 aromatic carbocycles. The number of para-hydroxylation sites is 2. The number of aromatic nitrogens is 5. The number of carbonyl (C=O) groups excluding carboxylic acids is 18. The van der Waals surface area contributed by atoms with Gasteiger partial charge in [0.2, 0.25) is 100 Å². The number of nitrogens with two attached hydrogens (primary N) is 3. The van der Waals surface area contributed by atoms with E-state index in [-0.39, 0.29) is 75.0 Å². The lowest BCUT2D eigenvalue weighted by Gasteiger charge is -2.36. The number of fused-ring (bicyclic) bond motifs is 4. The minimum atomic E-state index is -1.89. The number of benzene rings is 3. The monoisotopic (exact) mass is 1840 g/mol. The van der Waals surface area contributed by atoms with E-state index in [4.69, 9.17) is 17.2 Å². The zero-order chi connectivity index (χ0) is 95.6. The van der Waals surface area contributed by atoms with E-state index >= 15 is 33.6 Å². The van der Waals surface area contributed by atoms with Crippen LogP contribution in [-0.4, -0.2) is 315 Å². The molecule has 9 rings (SSSR count). The number of ketones is 1. The van der Waals surface area contributed by atoms with E-state index in [1.54, 1.807) is 54.7 Å². The fourth-order valence-electron chi connectivity index (χ4n) is 16.1. The number of primary amides is 3. The number of nitrogens with one attached hydrogen (secondary N) is 12. The summed E-state index contributed by atoms with van der Waals surface area (Å²) in [7, 11) is 3.87. The first-order chi connectivity index (χ1) is 62.4. The number of carbonyl (C=O) groups is 18. The van der Waals surface area contributed by atoms with Gasteiger partial charge in [-0.15, -0.1) is 11.8 Å². The van der Waals surface area contributed by atoms with E-state index in [0.717, 1.165) is 36.3 Å².